The highest BCUT2D eigenvalue weighted by atomic mass is 16.5. The molecule has 0 spiro atoms. The van der Waals surface area contributed by atoms with Crippen molar-refractivity contribution >= 4 is 5.91 Å². The molecule has 2 aliphatic rings. The molecule has 120 valence electrons. The third-order valence-electron chi connectivity index (χ3n) is 4.71. The van der Waals surface area contributed by atoms with Gasteiger partial charge in [-0.05, 0) is 24.5 Å². The first-order valence-electron chi connectivity index (χ1n) is 8.04. The SMILES string of the molecule is Cc1nc(C2(NC(=O)C3Cc4ccccc4O3)CCCC2)no1. The normalized spacial score (nSPS) is 21.7. The number of amides is 1. The maximum atomic E-state index is 12.7. The van der Waals surface area contributed by atoms with Gasteiger partial charge in [-0.1, -0.05) is 36.2 Å². The van der Waals surface area contributed by atoms with E-state index < -0.39 is 11.6 Å². The second-order valence-electron chi connectivity index (χ2n) is 6.33. The number of carbonyl (C=O) groups is 1. The zero-order valence-electron chi connectivity index (χ0n) is 13.0. The van der Waals surface area contributed by atoms with Crippen molar-refractivity contribution in [3.8, 4) is 5.75 Å². The molecule has 1 N–H and O–H groups in total. The molecule has 1 aliphatic heterocycles. The fraction of sp³-hybridized carbons (Fsp3) is 0.471. The Kier molecular flexibility index (Phi) is 3.32. The van der Waals surface area contributed by atoms with Crippen LogP contribution in [-0.2, 0) is 16.8 Å². The van der Waals surface area contributed by atoms with E-state index in [1.54, 1.807) is 6.92 Å². The zero-order valence-corrected chi connectivity index (χ0v) is 13.0. The molecular weight excluding hydrogens is 294 g/mol. The summed E-state index contributed by atoms with van der Waals surface area (Å²) in [6, 6.07) is 7.77. The summed E-state index contributed by atoms with van der Waals surface area (Å²) in [6.45, 7) is 1.76. The summed E-state index contributed by atoms with van der Waals surface area (Å²) in [5, 5.41) is 7.20. The molecule has 1 amide bonds. The van der Waals surface area contributed by atoms with Crippen molar-refractivity contribution < 1.29 is 14.1 Å². The molecule has 2 aromatic rings. The Labute approximate surface area is 134 Å². The third-order valence-corrected chi connectivity index (χ3v) is 4.71. The second-order valence-corrected chi connectivity index (χ2v) is 6.33. The summed E-state index contributed by atoms with van der Waals surface area (Å²) in [4.78, 5) is 17.1. The van der Waals surface area contributed by atoms with Gasteiger partial charge in [0.1, 0.15) is 11.3 Å². The van der Waals surface area contributed by atoms with Gasteiger partial charge in [0.05, 0.1) is 0 Å². The smallest absolute Gasteiger partial charge is 0.262 e. The Balaban J connectivity index is 1.53. The molecule has 0 radical (unpaired) electrons. The molecular formula is C17H19N3O3. The first-order valence-corrected chi connectivity index (χ1v) is 8.04. The predicted octanol–water partition coefficient (Wildman–Crippen LogP) is 2.27. The first kappa shape index (κ1) is 14.2. The minimum absolute atomic E-state index is 0.106. The molecule has 6 heteroatoms. The van der Waals surface area contributed by atoms with Crippen molar-refractivity contribution in [2.75, 3.05) is 0 Å². The van der Waals surface area contributed by atoms with Gasteiger partial charge in [0.25, 0.3) is 5.91 Å². The van der Waals surface area contributed by atoms with Gasteiger partial charge in [-0.3, -0.25) is 4.79 Å². The topological polar surface area (TPSA) is 77.2 Å². The highest BCUT2D eigenvalue weighted by molar-refractivity contribution is 5.83. The Hall–Kier alpha value is -2.37. The van der Waals surface area contributed by atoms with Crippen LogP contribution in [0.1, 0.15) is 43.0 Å². The second kappa shape index (κ2) is 5.37. The lowest BCUT2D eigenvalue weighted by Crippen LogP contribution is -2.49. The average Bonchev–Trinajstić information content (AvgIpc) is 3.25. The number of nitrogens with one attached hydrogen (secondary N) is 1. The molecule has 1 aromatic carbocycles. The lowest BCUT2D eigenvalue weighted by atomic mass is 9.95. The Morgan fingerprint density at radius 3 is 2.78 bits per heavy atom. The van der Waals surface area contributed by atoms with Crippen molar-refractivity contribution in [1.29, 1.82) is 0 Å². The Bertz CT molecular complexity index is 709. The number of para-hydroxylation sites is 1. The number of hydrogen-bond acceptors (Lipinski definition) is 5. The van der Waals surface area contributed by atoms with E-state index in [4.69, 9.17) is 9.26 Å². The molecule has 0 bridgehead atoms. The van der Waals surface area contributed by atoms with Crippen molar-refractivity contribution in [2.45, 2.75) is 50.7 Å². The van der Waals surface area contributed by atoms with Crippen LogP contribution in [0.2, 0.25) is 0 Å². The summed E-state index contributed by atoms with van der Waals surface area (Å²) in [7, 11) is 0. The average molecular weight is 313 g/mol. The largest absolute Gasteiger partial charge is 0.480 e. The van der Waals surface area contributed by atoms with E-state index in [1.807, 2.05) is 24.3 Å². The number of nitrogens with zero attached hydrogens (tertiary/aromatic N) is 2. The van der Waals surface area contributed by atoms with E-state index in [-0.39, 0.29) is 5.91 Å². The van der Waals surface area contributed by atoms with Gasteiger partial charge in [0.2, 0.25) is 5.89 Å². The monoisotopic (exact) mass is 313 g/mol. The molecule has 1 fully saturated rings. The number of carbonyl (C=O) groups excluding carboxylic acids is 1. The summed E-state index contributed by atoms with van der Waals surface area (Å²) < 4.78 is 10.9. The number of fused-ring (bicyclic) bond motifs is 1. The van der Waals surface area contributed by atoms with Crippen LogP contribution in [0.5, 0.6) is 5.75 Å². The van der Waals surface area contributed by atoms with Crippen molar-refractivity contribution in [2.24, 2.45) is 0 Å². The molecule has 1 aromatic heterocycles. The number of hydrogen-bond donors (Lipinski definition) is 1. The number of aryl methyl sites for hydroxylation is 1. The number of aromatic nitrogens is 2. The van der Waals surface area contributed by atoms with E-state index in [0.29, 0.717) is 18.1 Å². The summed E-state index contributed by atoms with van der Waals surface area (Å²) in [6.07, 6.45) is 3.86. The molecule has 1 atom stereocenters. The number of rotatable bonds is 3. The zero-order chi connectivity index (χ0) is 15.9. The maximum Gasteiger partial charge on any atom is 0.262 e. The highest BCUT2D eigenvalue weighted by Crippen LogP contribution is 2.38. The maximum absolute atomic E-state index is 12.7. The van der Waals surface area contributed by atoms with Gasteiger partial charge in [-0.2, -0.15) is 4.98 Å². The third kappa shape index (κ3) is 2.48. The minimum atomic E-state index is -0.521. The summed E-state index contributed by atoms with van der Waals surface area (Å²) >= 11 is 0. The van der Waals surface area contributed by atoms with Crippen molar-refractivity contribution in [3.63, 3.8) is 0 Å². The Morgan fingerprint density at radius 2 is 2.09 bits per heavy atom. The first-order chi connectivity index (χ1) is 11.2. The van der Waals surface area contributed by atoms with Crippen LogP contribution < -0.4 is 10.1 Å². The molecule has 1 unspecified atom stereocenters. The molecule has 23 heavy (non-hydrogen) atoms. The fourth-order valence-corrected chi connectivity index (χ4v) is 3.52. The minimum Gasteiger partial charge on any atom is -0.480 e. The molecule has 1 aliphatic carbocycles. The van der Waals surface area contributed by atoms with E-state index in [1.165, 1.54) is 0 Å². The highest BCUT2D eigenvalue weighted by Gasteiger charge is 2.43. The summed E-state index contributed by atoms with van der Waals surface area (Å²) in [5.74, 6) is 1.79. The van der Waals surface area contributed by atoms with Gasteiger partial charge in [-0.15, -0.1) is 0 Å². The van der Waals surface area contributed by atoms with Gasteiger partial charge < -0.3 is 14.6 Å². The van der Waals surface area contributed by atoms with Gasteiger partial charge in [0, 0.05) is 13.3 Å². The molecule has 0 saturated heterocycles. The lowest BCUT2D eigenvalue weighted by molar-refractivity contribution is -0.129. The quantitative estimate of drug-likeness (QED) is 0.940. The van der Waals surface area contributed by atoms with Gasteiger partial charge >= 0.3 is 0 Å². The standard InChI is InChI=1S/C17H19N3O3/c1-11-18-16(20-23-11)17(8-4-5-9-17)19-15(21)14-10-12-6-2-3-7-13(12)22-14/h2-3,6-7,14H,4-5,8-10H2,1H3,(H,19,21). The fourth-order valence-electron chi connectivity index (χ4n) is 3.52. The van der Waals surface area contributed by atoms with Crippen LogP contribution in [0.25, 0.3) is 0 Å². The Morgan fingerprint density at radius 1 is 1.30 bits per heavy atom. The van der Waals surface area contributed by atoms with Gasteiger partial charge in [-0.25, -0.2) is 0 Å². The molecule has 1 saturated carbocycles. The lowest BCUT2D eigenvalue weighted by Gasteiger charge is -2.28. The van der Waals surface area contributed by atoms with Crippen LogP contribution in [0.4, 0.5) is 0 Å². The summed E-state index contributed by atoms with van der Waals surface area (Å²) in [5.41, 5.74) is 0.552. The molecule has 6 nitrogen and oxygen atoms in total. The van der Waals surface area contributed by atoms with Crippen LogP contribution in [0.3, 0.4) is 0 Å². The van der Waals surface area contributed by atoms with Crippen molar-refractivity contribution in [3.05, 3.63) is 41.5 Å². The van der Waals surface area contributed by atoms with Crippen molar-refractivity contribution in [1.82, 2.24) is 15.5 Å². The van der Waals surface area contributed by atoms with E-state index in [2.05, 4.69) is 15.5 Å². The van der Waals surface area contributed by atoms with Crippen LogP contribution in [-0.4, -0.2) is 22.2 Å². The van der Waals surface area contributed by atoms with E-state index in [0.717, 1.165) is 37.0 Å². The molecule has 2 heterocycles. The molecule has 4 rings (SSSR count). The number of ether oxygens (including phenoxy) is 1. The van der Waals surface area contributed by atoms with E-state index >= 15 is 0 Å². The van der Waals surface area contributed by atoms with E-state index in [9.17, 15) is 4.79 Å². The number of benzene rings is 1. The van der Waals surface area contributed by atoms with Crippen LogP contribution >= 0.6 is 0 Å². The van der Waals surface area contributed by atoms with Crippen LogP contribution in [0, 0.1) is 6.92 Å². The van der Waals surface area contributed by atoms with Crippen LogP contribution in [0.15, 0.2) is 28.8 Å². The predicted molar refractivity (Wildman–Crippen MR) is 81.9 cm³/mol. The van der Waals surface area contributed by atoms with Gasteiger partial charge in [0.15, 0.2) is 11.9 Å².